The molecule has 1 nitrogen and oxygen atoms in total. The van der Waals surface area contributed by atoms with Crippen LogP contribution >= 0.6 is 0 Å². The molecule has 0 aliphatic rings. The number of aryl methyl sites for hydroxylation is 2. The molecule has 3 aromatic rings. The Balaban J connectivity index is 0.00000108. The van der Waals surface area contributed by atoms with Crippen molar-refractivity contribution in [1.29, 1.82) is 0 Å². The Labute approximate surface area is 111 Å². The van der Waals surface area contributed by atoms with Crippen LogP contribution in [0.2, 0.25) is 0 Å². The number of pyridine rings is 2. The van der Waals surface area contributed by atoms with E-state index in [0.717, 1.165) is 0 Å². The minimum Gasteiger partial charge on any atom is -1.00 e. The number of rotatable bonds is 0. The number of hydrogen-bond donors (Lipinski definition) is 0. The maximum Gasteiger partial charge on any atom is 0.218 e. The van der Waals surface area contributed by atoms with Crippen LogP contribution < -0.4 is 21.4 Å². The van der Waals surface area contributed by atoms with Crippen molar-refractivity contribution in [2.24, 2.45) is 0 Å². The Bertz CT molecular complexity index is 689. The molecule has 0 fully saturated rings. The van der Waals surface area contributed by atoms with E-state index in [0.29, 0.717) is 0 Å². The SMILES string of the molecule is Cc1ccc2c(c1)c(C)c[n+]1ccccc21.[Br-]. The molecule has 0 atom stereocenters. The van der Waals surface area contributed by atoms with E-state index in [1.54, 1.807) is 0 Å². The van der Waals surface area contributed by atoms with Crippen LogP contribution in [-0.2, 0) is 0 Å². The molecule has 0 spiro atoms. The Hall–Kier alpha value is -1.41. The average Bonchev–Trinajstić information content (AvgIpc) is 2.29. The van der Waals surface area contributed by atoms with Crippen LogP contribution in [0, 0.1) is 13.8 Å². The second kappa shape index (κ2) is 4.46. The average molecular weight is 288 g/mol. The van der Waals surface area contributed by atoms with Crippen LogP contribution in [0.25, 0.3) is 16.3 Å². The predicted octanol–water partition coefficient (Wildman–Crippen LogP) is 0.199. The summed E-state index contributed by atoms with van der Waals surface area (Å²) < 4.78 is 2.19. The van der Waals surface area contributed by atoms with Crippen LogP contribution in [0.1, 0.15) is 11.1 Å². The first-order valence-corrected chi connectivity index (χ1v) is 5.56. The molecule has 0 N–H and O–H groups in total. The molecule has 1 aromatic carbocycles. The van der Waals surface area contributed by atoms with E-state index in [1.807, 2.05) is 0 Å². The lowest BCUT2D eigenvalue weighted by molar-refractivity contribution is -0.511. The monoisotopic (exact) mass is 287 g/mol. The van der Waals surface area contributed by atoms with E-state index in [2.05, 4.69) is 67.0 Å². The Morgan fingerprint density at radius 1 is 0.941 bits per heavy atom. The first-order chi connectivity index (χ1) is 7.75. The summed E-state index contributed by atoms with van der Waals surface area (Å²) in [7, 11) is 0. The standard InChI is InChI=1S/C15H14N.BrH/c1-11-6-7-13-14(9-11)12(2)10-16-8-4-3-5-15(13)16;/h3-10H,1-2H3;1H/q+1;/p-1. The van der Waals surface area contributed by atoms with Crippen LogP contribution in [-0.4, -0.2) is 0 Å². The third-order valence-corrected chi connectivity index (χ3v) is 3.10. The molecule has 0 radical (unpaired) electrons. The van der Waals surface area contributed by atoms with Gasteiger partial charge >= 0.3 is 0 Å². The highest BCUT2D eigenvalue weighted by atomic mass is 79.9. The van der Waals surface area contributed by atoms with Crippen molar-refractivity contribution >= 4 is 16.3 Å². The number of fused-ring (bicyclic) bond motifs is 3. The van der Waals surface area contributed by atoms with E-state index in [1.165, 1.54) is 27.4 Å². The van der Waals surface area contributed by atoms with Gasteiger partial charge in [-0.1, -0.05) is 17.7 Å². The van der Waals surface area contributed by atoms with Gasteiger partial charge in [0.2, 0.25) is 5.52 Å². The molecule has 0 amide bonds. The van der Waals surface area contributed by atoms with Gasteiger partial charge in [0.1, 0.15) is 0 Å². The van der Waals surface area contributed by atoms with Gasteiger partial charge in [-0.2, -0.15) is 4.40 Å². The Morgan fingerprint density at radius 2 is 1.76 bits per heavy atom. The first kappa shape index (κ1) is 12.1. The maximum atomic E-state index is 2.26. The van der Waals surface area contributed by atoms with Crippen LogP contribution in [0.5, 0.6) is 0 Å². The summed E-state index contributed by atoms with van der Waals surface area (Å²) in [4.78, 5) is 0. The summed E-state index contributed by atoms with van der Waals surface area (Å²) in [6.45, 7) is 4.31. The van der Waals surface area contributed by atoms with E-state index >= 15 is 0 Å². The van der Waals surface area contributed by atoms with Gasteiger partial charge < -0.3 is 17.0 Å². The molecule has 0 unspecified atom stereocenters. The lowest BCUT2D eigenvalue weighted by Crippen LogP contribution is -3.00. The van der Waals surface area contributed by atoms with E-state index in [9.17, 15) is 0 Å². The highest BCUT2D eigenvalue weighted by molar-refractivity contribution is 5.95. The molecular formula is C15H14BrN. The molecule has 86 valence electrons. The molecule has 0 saturated carbocycles. The van der Waals surface area contributed by atoms with Crippen molar-refractivity contribution < 1.29 is 21.4 Å². The van der Waals surface area contributed by atoms with Crippen molar-refractivity contribution in [3.8, 4) is 0 Å². The molecule has 0 aliphatic carbocycles. The van der Waals surface area contributed by atoms with E-state index < -0.39 is 0 Å². The molecule has 0 aliphatic heterocycles. The van der Waals surface area contributed by atoms with E-state index in [-0.39, 0.29) is 17.0 Å². The number of benzene rings is 1. The zero-order valence-corrected chi connectivity index (χ0v) is 11.5. The molecule has 2 aromatic heterocycles. The zero-order valence-electron chi connectivity index (χ0n) is 9.94. The second-order valence-electron chi connectivity index (χ2n) is 4.35. The molecule has 17 heavy (non-hydrogen) atoms. The minimum absolute atomic E-state index is 0. The van der Waals surface area contributed by atoms with Gasteiger partial charge in [-0.3, -0.25) is 0 Å². The number of halogens is 1. The van der Waals surface area contributed by atoms with Crippen molar-refractivity contribution in [3.63, 3.8) is 0 Å². The van der Waals surface area contributed by atoms with Gasteiger partial charge in [0.05, 0.1) is 5.39 Å². The topological polar surface area (TPSA) is 4.10 Å². The fourth-order valence-corrected chi connectivity index (χ4v) is 2.28. The van der Waals surface area contributed by atoms with Crippen molar-refractivity contribution in [3.05, 3.63) is 59.9 Å². The lowest BCUT2D eigenvalue weighted by atomic mass is 10.0. The quantitative estimate of drug-likeness (QED) is 0.411. The predicted molar refractivity (Wildman–Crippen MR) is 66.6 cm³/mol. The molecular weight excluding hydrogens is 274 g/mol. The number of hydrogen-bond acceptors (Lipinski definition) is 0. The highest BCUT2D eigenvalue weighted by Crippen LogP contribution is 2.21. The van der Waals surface area contributed by atoms with Crippen molar-refractivity contribution in [2.45, 2.75) is 13.8 Å². The minimum atomic E-state index is 0. The van der Waals surface area contributed by atoms with Crippen LogP contribution in [0.15, 0.2) is 48.8 Å². The van der Waals surface area contributed by atoms with Crippen LogP contribution in [0.4, 0.5) is 0 Å². The first-order valence-electron chi connectivity index (χ1n) is 5.56. The third-order valence-electron chi connectivity index (χ3n) is 3.10. The Kier molecular flexibility index (Phi) is 3.16. The third kappa shape index (κ3) is 1.93. The molecule has 0 bridgehead atoms. The molecule has 3 rings (SSSR count). The number of aromatic nitrogens is 1. The van der Waals surface area contributed by atoms with Gasteiger partial charge in [-0.25, -0.2) is 0 Å². The molecule has 0 saturated heterocycles. The van der Waals surface area contributed by atoms with E-state index in [4.69, 9.17) is 0 Å². The molecule has 2 heteroatoms. The fraction of sp³-hybridized carbons (Fsp3) is 0.133. The van der Waals surface area contributed by atoms with Gasteiger partial charge in [-0.15, -0.1) is 0 Å². The van der Waals surface area contributed by atoms with Gasteiger partial charge in [0, 0.05) is 17.7 Å². The largest absolute Gasteiger partial charge is 1.00 e. The summed E-state index contributed by atoms with van der Waals surface area (Å²) >= 11 is 0. The van der Waals surface area contributed by atoms with Crippen molar-refractivity contribution in [1.82, 2.24) is 0 Å². The normalized spacial score (nSPS) is 10.5. The molecule has 2 heterocycles. The summed E-state index contributed by atoms with van der Waals surface area (Å²) in [5, 5.41) is 2.68. The number of nitrogens with zero attached hydrogens (tertiary/aromatic N) is 1. The highest BCUT2D eigenvalue weighted by Gasteiger charge is 2.09. The summed E-state index contributed by atoms with van der Waals surface area (Å²) in [6.07, 6.45) is 4.29. The smallest absolute Gasteiger partial charge is 0.218 e. The summed E-state index contributed by atoms with van der Waals surface area (Å²) in [5.41, 5.74) is 3.90. The van der Waals surface area contributed by atoms with Gasteiger partial charge in [0.15, 0.2) is 12.4 Å². The van der Waals surface area contributed by atoms with Gasteiger partial charge in [0.25, 0.3) is 0 Å². The maximum absolute atomic E-state index is 2.26. The fourth-order valence-electron chi connectivity index (χ4n) is 2.28. The van der Waals surface area contributed by atoms with Gasteiger partial charge in [-0.05, 0) is 31.4 Å². The zero-order chi connectivity index (χ0) is 11.1. The Morgan fingerprint density at radius 3 is 2.59 bits per heavy atom. The summed E-state index contributed by atoms with van der Waals surface area (Å²) in [6, 6.07) is 13.0. The van der Waals surface area contributed by atoms with Crippen molar-refractivity contribution in [2.75, 3.05) is 0 Å². The second-order valence-corrected chi connectivity index (χ2v) is 4.35. The lowest BCUT2D eigenvalue weighted by Gasteiger charge is -2.02. The van der Waals surface area contributed by atoms with Crippen LogP contribution in [0.3, 0.4) is 0 Å². The summed E-state index contributed by atoms with van der Waals surface area (Å²) in [5.74, 6) is 0.